The van der Waals surface area contributed by atoms with Gasteiger partial charge in [0.15, 0.2) is 15.1 Å². The molecule has 0 atom stereocenters. The smallest absolute Gasteiger partial charge is 0.366 e. The molecule has 0 saturated heterocycles. The van der Waals surface area contributed by atoms with Gasteiger partial charge in [-0.15, -0.1) is 0 Å². The predicted octanol–water partition coefficient (Wildman–Crippen LogP) is 1.01. The molecule has 0 unspecified atom stereocenters. The largest absolute Gasteiger partial charge is 0.494 e. The van der Waals surface area contributed by atoms with E-state index in [1.165, 1.54) is 7.14 Å². The summed E-state index contributed by atoms with van der Waals surface area (Å²) in [6.07, 6.45) is 0. The Kier molecular flexibility index (Phi) is 6.83. The van der Waals surface area contributed by atoms with Crippen LogP contribution in [0.2, 0.25) is 0 Å². The van der Waals surface area contributed by atoms with E-state index in [2.05, 4.69) is 24.3 Å². The molecule has 0 heterocycles. The number of benzene rings is 2. The van der Waals surface area contributed by atoms with Crippen LogP contribution in [-0.4, -0.2) is 19.8 Å². The van der Waals surface area contributed by atoms with Gasteiger partial charge in [-0.1, -0.05) is 18.2 Å². The number of ether oxygens (including phenoxy) is 3. The van der Waals surface area contributed by atoms with Crippen molar-refractivity contribution in [3.8, 4) is 17.2 Å². The quantitative estimate of drug-likeness (QED) is 0.605. The van der Waals surface area contributed by atoms with E-state index in [0.717, 1.165) is 17.2 Å². The SMILES string of the molecule is CCOc1cc(OCC)c([I+]c2ccccc2)c(OCC)c1. The molecule has 2 aromatic carbocycles. The number of hydrogen-bond acceptors (Lipinski definition) is 3. The highest BCUT2D eigenvalue weighted by atomic mass is 127. The molecule has 0 aromatic heterocycles. The first-order valence-electron chi connectivity index (χ1n) is 7.54. The topological polar surface area (TPSA) is 27.7 Å². The zero-order valence-electron chi connectivity index (χ0n) is 13.3. The maximum Gasteiger partial charge on any atom is 0.366 e. The van der Waals surface area contributed by atoms with E-state index < -0.39 is 0 Å². The molecule has 0 saturated carbocycles. The van der Waals surface area contributed by atoms with Gasteiger partial charge in [-0.3, -0.25) is 0 Å². The van der Waals surface area contributed by atoms with Gasteiger partial charge in [0.1, 0.15) is 5.75 Å². The Morgan fingerprint density at radius 1 is 0.773 bits per heavy atom. The normalized spacial score (nSPS) is 10.3. The van der Waals surface area contributed by atoms with Crippen LogP contribution in [0, 0.1) is 7.14 Å². The molecule has 0 aliphatic rings. The third-order valence-corrected chi connectivity index (χ3v) is 5.77. The van der Waals surface area contributed by atoms with Gasteiger partial charge < -0.3 is 14.2 Å². The first-order chi connectivity index (χ1) is 10.8. The molecule has 0 aliphatic heterocycles. The van der Waals surface area contributed by atoms with Crippen LogP contribution in [0.5, 0.6) is 17.2 Å². The van der Waals surface area contributed by atoms with E-state index in [1.807, 2.05) is 39.0 Å². The number of halogens is 1. The lowest BCUT2D eigenvalue weighted by atomic mass is 10.3. The summed E-state index contributed by atoms with van der Waals surface area (Å²) in [5.41, 5.74) is 0. The fraction of sp³-hybridized carbons (Fsp3) is 0.333. The van der Waals surface area contributed by atoms with Crippen molar-refractivity contribution in [2.45, 2.75) is 20.8 Å². The maximum atomic E-state index is 5.85. The van der Waals surface area contributed by atoms with Crippen LogP contribution in [0.3, 0.4) is 0 Å². The fourth-order valence-corrected chi connectivity index (χ4v) is 4.55. The lowest BCUT2D eigenvalue weighted by molar-refractivity contribution is -0.599. The lowest BCUT2D eigenvalue weighted by Gasteiger charge is -2.11. The van der Waals surface area contributed by atoms with Gasteiger partial charge in [-0.25, -0.2) is 0 Å². The Morgan fingerprint density at radius 2 is 1.32 bits per heavy atom. The number of rotatable bonds is 8. The van der Waals surface area contributed by atoms with Crippen LogP contribution in [0.4, 0.5) is 0 Å². The molecule has 0 radical (unpaired) electrons. The molecule has 0 fully saturated rings. The van der Waals surface area contributed by atoms with Crippen LogP contribution in [0.25, 0.3) is 0 Å². The summed E-state index contributed by atoms with van der Waals surface area (Å²) in [4.78, 5) is 0. The predicted molar refractivity (Wildman–Crippen MR) is 83.8 cm³/mol. The Labute approximate surface area is 142 Å². The van der Waals surface area contributed by atoms with Gasteiger partial charge >= 0.3 is 21.2 Å². The van der Waals surface area contributed by atoms with Crippen molar-refractivity contribution in [3.63, 3.8) is 0 Å². The first kappa shape index (κ1) is 16.9. The Hall–Kier alpha value is -1.43. The van der Waals surface area contributed by atoms with Crippen LogP contribution >= 0.6 is 0 Å². The van der Waals surface area contributed by atoms with E-state index in [4.69, 9.17) is 14.2 Å². The summed E-state index contributed by atoms with van der Waals surface area (Å²) in [7, 11) is 0. The third kappa shape index (κ3) is 4.53. The third-order valence-electron chi connectivity index (χ3n) is 2.83. The second-order valence-corrected chi connectivity index (χ2v) is 7.29. The van der Waals surface area contributed by atoms with E-state index in [1.54, 1.807) is 0 Å². The zero-order chi connectivity index (χ0) is 15.8. The second-order valence-electron chi connectivity index (χ2n) is 4.42. The van der Waals surface area contributed by atoms with Crippen LogP contribution in [0.1, 0.15) is 20.8 Å². The summed E-state index contributed by atoms with van der Waals surface area (Å²) >= 11 is -0.368. The van der Waals surface area contributed by atoms with Gasteiger partial charge in [0.2, 0.25) is 0 Å². The monoisotopic (exact) mass is 413 g/mol. The molecule has 118 valence electrons. The van der Waals surface area contributed by atoms with E-state index in [-0.39, 0.29) is 21.2 Å². The van der Waals surface area contributed by atoms with Gasteiger partial charge in [-0.05, 0) is 32.9 Å². The summed E-state index contributed by atoms with van der Waals surface area (Å²) in [6.45, 7) is 7.87. The van der Waals surface area contributed by atoms with Gasteiger partial charge in [0, 0.05) is 12.1 Å². The van der Waals surface area contributed by atoms with E-state index in [0.29, 0.717) is 19.8 Å². The standard InChI is InChI=1S/C18H22IO3/c1-4-20-15-12-16(21-5-2)18(17(13-15)22-6-3)19-14-10-8-7-9-11-14/h7-13H,4-6H2,1-3H3/q+1. The maximum absolute atomic E-state index is 5.85. The molecule has 3 nitrogen and oxygen atoms in total. The Morgan fingerprint density at radius 3 is 1.82 bits per heavy atom. The van der Waals surface area contributed by atoms with Crippen molar-refractivity contribution in [1.82, 2.24) is 0 Å². The highest BCUT2D eigenvalue weighted by Crippen LogP contribution is 2.28. The van der Waals surface area contributed by atoms with Crippen molar-refractivity contribution < 1.29 is 35.4 Å². The molecule has 4 heteroatoms. The van der Waals surface area contributed by atoms with Crippen molar-refractivity contribution >= 4 is 0 Å². The molecule has 0 aliphatic carbocycles. The minimum atomic E-state index is -0.368. The molecular weight excluding hydrogens is 391 g/mol. The van der Waals surface area contributed by atoms with Crippen LogP contribution in [-0.2, 0) is 0 Å². The molecule has 0 bridgehead atoms. The Balaban J connectivity index is 2.42. The molecule has 0 amide bonds. The second kappa shape index (κ2) is 8.88. The summed E-state index contributed by atoms with van der Waals surface area (Å²) in [5.74, 6) is 2.57. The molecule has 2 aromatic rings. The highest BCUT2D eigenvalue weighted by molar-refractivity contribution is 5.41. The van der Waals surface area contributed by atoms with E-state index >= 15 is 0 Å². The Bertz CT molecular complexity index is 557. The molecule has 2 rings (SSSR count). The van der Waals surface area contributed by atoms with Gasteiger partial charge in [0.05, 0.1) is 19.8 Å². The molecule has 22 heavy (non-hydrogen) atoms. The van der Waals surface area contributed by atoms with Crippen molar-refractivity contribution in [2.24, 2.45) is 0 Å². The minimum absolute atomic E-state index is 0.368. The van der Waals surface area contributed by atoms with Crippen molar-refractivity contribution in [1.29, 1.82) is 0 Å². The van der Waals surface area contributed by atoms with Crippen molar-refractivity contribution in [2.75, 3.05) is 19.8 Å². The first-order valence-corrected chi connectivity index (χ1v) is 9.70. The average molecular weight is 413 g/mol. The summed E-state index contributed by atoms with van der Waals surface area (Å²) in [5, 5.41) is 0. The van der Waals surface area contributed by atoms with Crippen LogP contribution < -0.4 is 35.4 Å². The zero-order valence-corrected chi connectivity index (χ0v) is 15.4. The molecule has 0 N–H and O–H groups in total. The van der Waals surface area contributed by atoms with Gasteiger partial charge in [0.25, 0.3) is 3.57 Å². The molecule has 0 spiro atoms. The van der Waals surface area contributed by atoms with Crippen molar-refractivity contribution in [3.05, 3.63) is 49.6 Å². The lowest BCUT2D eigenvalue weighted by Crippen LogP contribution is -3.61. The van der Waals surface area contributed by atoms with Gasteiger partial charge in [-0.2, -0.15) is 0 Å². The summed E-state index contributed by atoms with van der Waals surface area (Å²) < 4.78 is 19.9. The minimum Gasteiger partial charge on any atom is -0.494 e. The fourth-order valence-electron chi connectivity index (χ4n) is 2.00. The van der Waals surface area contributed by atoms with E-state index in [9.17, 15) is 0 Å². The molecular formula is C18H22IO3+. The van der Waals surface area contributed by atoms with Crippen LogP contribution in [0.15, 0.2) is 42.5 Å². The average Bonchev–Trinajstić information content (AvgIpc) is 2.52. The highest BCUT2D eigenvalue weighted by Gasteiger charge is 2.28. The number of hydrogen-bond donors (Lipinski definition) is 0. The summed E-state index contributed by atoms with van der Waals surface area (Å²) in [6, 6.07) is 14.5.